The Bertz CT molecular complexity index is 575. The summed E-state index contributed by atoms with van der Waals surface area (Å²) in [6, 6.07) is 15.6. The van der Waals surface area contributed by atoms with Crippen LogP contribution in [0.2, 0.25) is 0 Å². The quantitative estimate of drug-likeness (QED) is 0.729. The predicted octanol–water partition coefficient (Wildman–Crippen LogP) is 2.07. The molecule has 4 rings (SSSR count). The molecule has 1 aromatic heterocycles. The molecule has 0 spiro atoms. The Morgan fingerprint density at radius 2 is 1.83 bits per heavy atom. The van der Waals surface area contributed by atoms with E-state index in [4.69, 9.17) is 0 Å². The number of benzene rings is 1. The van der Waals surface area contributed by atoms with Gasteiger partial charge in [-0.1, -0.05) is 30.2 Å². The molecule has 4 heteroatoms. The molecule has 24 heavy (non-hydrogen) atoms. The molecule has 0 saturated carbocycles. The van der Waals surface area contributed by atoms with E-state index in [0.717, 1.165) is 17.4 Å². The van der Waals surface area contributed by atoms with Crippen LogP contribution in [0.3, 0.4) is 0 Å². The van der Waals surface area contributed by atoms with Crippen LogP contribution in [0.15, 0.2) is 54.7 Å². The van der Waals surface area contributed by atoms with Gasteiger partial charge in [0.1, 0.15) is 5.69 Å². The number of fused-ring (bicyclic) bond motifs is 1. The summed E-state index contributed by atoms with van der Waals surface area (Å²) in [5.41, 5.74) is 6.31. The Morgan fingerprint density at radius 1 is 1.04 bits per heavy atom. The maximum atomic E-state index is 4.50. The zero-order valence-electron chi connectivity index (χ0n) is 14.3. The maximum absolute atomic E-state index is 4.50. The van der Waals surface area contributed by atoms with Gasteiger partial charge in [0, 0.05) is 24.8 Å². The third-order valence-corrected chi connectivity index (χ3v) is 3.91. The van der Waals surface area contributed by atoms with Crippen molar-refractivity contribution < 1.29 is 0 Å². The fraction of sp³-hybridized carbons (Fsp3) is 0.350. The molecule has 1 atom stereocenters. The van der Waals surface area contributed by atoms with E-state index in [1.54, 1.807) is 6.20 Å². The Hall–Kier alpha value is -2.19. The van der Waals surface area contributed by atoms with E-state index in [1.165, 1.54) is 39.5 Å². The zero-order valence-corrected chi connectivity index (χ0v) is 14.3. The molecule has 0 unspecified atom stereocenters. The van der Waals surface area contributed by atoms with E-state index in [2.05, 4.69) is 32.8 Å². The summed E-state index contributed by atoms with van der Waals surface area (Å²) < 4.78 is 0. The van der Waals surface area contributed by atoms with E-state index in [-0.39, 0.29) is 0 Å². The van der Waals surface area contributed by atoms with Crippen LogP contribution in [0, 0.1) is 11.8 Å². The first-order chi connectivity index (χ1) is 11.9. The van der Waals surface area contributed by atoms with Crippen molar-refractivity contribution in [2.45, 2.75) is 19.0 Å². The highest BCUT2D eigenvalue weighted by Crippen LogP contribution is 2.17. The fourth-order valence-corrected chi connectivity index (χ4v) is 2.58. The van der Waals surface area contributed by atoms with E-state index >= 15 is 0 Å². The minimum absolute atomic E-state index is 0.767. The number of rotatable bonds is 0. The predicted molar refractivity (Wildman–Crippen MR) is 99.4 cm³/mol. The first kappa shape index (κ1) is 18.2. The number of nitrogens with one attached hydrogen (secondary N) is 1. The summed E-state index contributed by atoms with van der Waals surface area (Å²) in [7, 11) is 1.50. The molecule has 2 aliphatic heterocycles. The van der Waals surface area contributed by atoms with Gasteiger partial charge in [-0.15, -0.1) is 0 Å². The van der Waals surface area contributed by atoms with Crippen molar-refractivity contribution in [1.29, 1.82) is 0 Å². The second-order valence-electron chi connectivity index (χ2n) is 5.48. The molecule has 2 aliphatic rings. The van der Waals surface area contributed by atoms with Gasteiger partial charge in [0.05, 0.1) is 6.17 Å². The van der Waals surface area contributed by atoms with Crippen molar-refractivity contribution in [3.8, 4) is 11.8 Å². The van der Waals surface area contributed by atoms with Gasteiger partial charge in [-0.25, -0.2) is 4.98 Å². The molecule has 2 saturated heterocycles. The molecule has 4 nitrogen and oxygen atoms in total. The van der Waals surface area contributed by atoms with E-state index < -0.39 is 0 Å². The Labute approximate surface area is 145 Å². The second-order valence-corrected chi connectivity index (χ2v) is 5.48. The average Bonchev–Trinajstić information content (AvgIpc) is 2.65. The average molecular weight is 322 g/mol. The van der Waals surface area contributed by atoms with Crippen LogP contribution < -0.4 is 11.1 Å². The molecule has 0 aliphatic carbocycles. The summed E-state index contributed by atoms with van der Waals surface area (Å²) in [6.45, 7) is 3.90. The monoisotopic (exact) mass is 322 g/mol. The van der Waals surface area contributed by atoms with E-state index in [9.17, 15) is 0 Å². The summed E-state index contributed by atoms with van der Waals surface area (Å²) in [5, 5.41) is 3.44. The Balaban J connectivity index is 0.000000176. The largest absolute Gasteiger partial charge is 0.333 e. The minimum atomic E-state index is 0.767. The zero-order chi connectivity index (χ0) is 17.0. The Kier molecular flexibility index (Phi) is 7.99. The Morgan fingerprint density at radius 3 is 2.38 bits per heavy atom. The second kappa shape index (κ2) is 10.6. The lowest BCUT2D eigenvalue weighted by Gasteiger charge is -2.44. The van der Waals surface area contributed by atoms with Gasteiger partial charge in [-0.2, -0.15) is 0 Å². The van der Waals surface area contributed by atoms with Gasteiger partial charge in [-0.3, -0.25) is 4.90 Å². The van der Waals surface area contributed by atoms with E-state index in [1.807, 2.05) is 48.5 Å². The van der Waals surface area contributed by atoms with Crippen LogP contribution >= 0.6 is 0 Å². The highest BCUT2D eigenvalue weighted by molar-refractivity contribution is 5.39. The van der Waals surface area contributed by atoms with Crippen LogP contribution in [0.25, 0.3) is 0 Å². The minimum Gasteiger partial charge on any atom is -0.333 e. The van der Waals surface area contributed by atoms with Crippen molar-refractivity contribution in [1.82, 2.24) is 15.2 Å². The van der Waals surface area contributed by atoms with Gasteiger partial charge in [0.2, 0.25) is 0 Å². The van der Waals surface area contributed by atoms with Crippen molar-refractivity contribution in [2.75, 3.05) is 26.7 Å². The molecule has 3 heterocycles. The third kappa shape index (κ3) is 5.78. The number of nitrogens with two attached hydrogens (primary N) is 1. The van der Waals surface area contributed by atoms with Crippen LogP contribution in [0.4, 0.5) is 0 Å². The van der Waals surface area contributed by atoms with Crippen molar-refractivity contribution >= 4 is 0 Å². The molecular weight excluding hydrogens is 296 g/mol. The van der Waals surface area contributed by atoms with Crippen molar-refractivity contribution in [2.24, 2.45) is 5.73 Å². The lowest BCUT2D eigenvalue weighted by Crippen LogP contribution is -2.59. The molecule has 2 fully saturated rings. The first-order valence-corrected chi connectivity index (χ1v) is 8.45. The van der Waals surface area contributed by atoms with Crippen molar-refractivity contribution in [3.05, 3.63) is 66.0 Å². The van der Waals surface area contributed by atoms with Crippen LogP contribution in [0.5, 0.6) is 0 Å². The molecule has 0 amide bonds. The molecular formula is C20H26N4. The van der Waals surface area contributed by atoms with Gasteiger partial charge < -0.3 is 11.1 Å². The molecule has 0 radical (unpaired) electrons. The summed E-state index contributed by atoms with van der Waals surface area (Å²) >= 11 is 0. The van der Waals surface area contributed by atoms with Crippen LogP contribution in [-0.2, 0) is 0 Å². The SMILES string of the molecule is C(#Cc1ccccn1)c1ccccc1.C1CN[C@H]2CCN2C1.CN. The summed E-state index contributed by atoms with van der Waals surface area (Å²) in [6.07, 6.45) is 5.23. The number of pyridine rings is 1. The lowest BCUT2D eigenvalue weighted by molar-refractivity contribution is 0.0385. The van der Waals surface area contributed by atoms with E-state index in [0.29, 0.717) is 0 Å². The lowest BCUT2D eigenvalue weighted by atomic mass is 10.1. The van der Waals surface area contributed by atoms with Gasteiger partial charge >= 0.3 is 0 Å². The summed E-state index contributed by atoms with van der Waals surface area (Å²) in [4.78, 5) is 6.62. The standard InChI is InChI=1S/C13H9N.C6H12N2.CH5N/c1-2-6-12(7-3-1)9-10-13-8-4-5-11-14-13;1-3-7-6-2-5-8(6)4-1;1-2/h1-8,11H;6-7H,1-5H2;2H2,1H3/t;6-;/m.1./s1. The van der Waals surface area contributed by atoms with Crippen molar-refractivity contribution in [3.63, 3.8) is 0 Å². The molecule has 126 valence electrons. The van der Waals surface area contributed by atoms with Crippen LogP contribution in [-0.4, -0.2) is 42.7 Å². The highest BCUT2D eigenvalue weighted by Gasteiger charge is 2.28. The third-order valence-electron chi connectivity index (χ3n) is 3.91. The normalized spacial score (nSPS) is 18.2. The topological polar surface area (TPSA) is 54.2 Å². The molecule has 3 N–H and O–H groups in total. The molecule has 0 bridgehead atoms. The molecule has 1 aromatic carbocycles. The van der Waals surface area contributed by atoms with Gasteiger partial charge in [-0.05, 0) is 56.6 Å². The van der Waals surface area contributed by atoms with Gasteiger partial charge in [0.25, 0.3) is 0 Å². The number of hydrogen-bond acceptors (Lipinski definition) is 4. The maximum Gasteiger partial charge on any atom is 0.113 e. The first-order valence-electron chi connectivity index (χ1n) is 8.45. The summed E-state index contributed by atoms with van der Waals surface area (Å²) in [5.74, 6) is 6.05. The number of nitrogens with zero attached hydrogens (tertiary/aromatic N) is 2. The molecule has 2 aromatic rings. The van der Waals surface area contributed by atoms with Gasteiger partial charge in [0.15, 0.2) is 0 Å². The number of aromatic nitrogens is 1. The smallest absolute Gasteiger partial charge is 0.113 e. The van der Waals surface area contributed by atoms with Crippen LogP contribution in [0.1, 0.15) is 24.1 Å². The fourth-order valence-electron chi connectivity index (χ4n) is 2.58. The highest BCUT2D eigenvalue weighted by atomic mass is 15.3. The number of hydrogen-bond donors (Lipinski definition) is 2.